The van der Waals surface area contributed by atoms with E-state index >= 15 is 0 Å². The summed E-state index contributed by atoms with van der Waals surface area (Å²) in [6.07, 6.45) is 7.61. The van der Waals surface area contributed by atoms with Crippen LogP contribution < -0.4 is 0 Å². The van der Waals surface area contributed by atoms with Crippen molar-refractivity contribution in [2.24, 2.45) is 0 Å². The van der Waals surface area contributed by atoms with Gasteiger partial charge in [0.15, 0.2) is 0 Å². The van der Waals surface area contributed by atoms with Gasteiger partial charge in [0.05, 0.1) is 0 Å². The summed E-state index contributed by atoms with van der Waals surface area (Å²) in [7, 11) is 0. The Morgan fingerprint density at radius 3 is 2.83 bits per heavy atom. The number of allylic oxidation sites excluding steroid dienone is 2. The number of nitrogens with one attached hydrogen (secondary N) is 1. The summed E-state index contributed by atoms with van der Waals surface area (Å²) >= 11 is 0. The van der Waals surface area contributed by atoms with Crippen LogP contribution in [0.1, 0.15) is 18.2 Å². The Morgan fingerprint density at radius 2 is 2.25 bits per heavy atom. The summed E-state index contributed by atoms with van der Waals surface area (Å²) in [5, 5.41) is 0. The molecular formula is C11H13N. The molecular weight excluding hydrogens is 146 g/mol. The molecule has 0 bridgehead atoms. The molecule has 1 rings (SSSR count). The van der Waals surface area contributed by atoms with Crippen molar-refractivity contribution in [3.63, 3.8) is 0 Å². The maximum Gasteiger partial charge on any atom is 0.0456 e. The van der Waals surface area contributed by atoms with E-state index in [1.165, 1.54) is 0 Å². The number of hydrogen-bond acceptors (Lipinski definition) is 0. The van der Waals surface area contributed by atoms with E-state index in [9.17, 15) is 0 Å². The third kappa shape index (κ3) is 1.76. The van der Waals surface area contributed by atoms with Gasteiger partial charge in [-0.3, -0.25) is 0 Å². The Hall–Kier alpha value is -1.50. The molecule has 1 heteroatoms. The average molecular weight is 159 g/mol. The van der Waals surface area contributed by atoms with Crippen LogP contribution in [0.3, 0.4) is 0 Å². The van der Waals surface area contributed by atoms with E-state index in [2.05, 4.69) is 18.1 Å². The third-order valence-corrected chi connectivity index (χ3v) is 1.73. The van der Waals surface area contributed by atoms with Crippen molar-refractivity contribution in [3.05, 3.63) is 48.3 Å². The zero-order valence-corrected chi connectivity index (χ0v) is 7.30. The predicted octanol–water partition coefficient (Wildman–Crippen LogP) is 3.25. The van der Waals surface area contributed by atoms with Gasteiger partial charge in [0.1, 0.15) is 0 Å². The van der Waals surface area contributed by atoms with E-state index in [0.29, 0.717) is 0 Å². The Balaban J connectivity index is 3.02. The third-order valence-electron chi connectivity index (χ3n) is 1.73. The summed E-state index contributed by atoms with van der Waals surface area (Å²) in [6.45, 7) is 9.43. The highest BCUT2D eigenvalue weighted by atomic mass is 14.7. The molecule has 0 aliphatic rings. The molecule has 0 fully saturated rings. The van der Waals surface area contributed by atoms with E-state index in [-0.39, 0.29) is 0 Å². The quantitative estimate of drug-likeness (QED) is 0.651. The van der Waals surface area contributed by atoms with Crippen molar-refractivity contribution in [2.75, 3.05) is 0 Å². The van der Waals surface area contributed by atoms with Crippen molar-refractivity contribution in [2.45, 2.75) is 6.92 Å². The van der Waals surface area contributed by atoms with Gasteiger partial charge in [0.25, 0.3) is 0 Å². The van der Waals surface area contributed by atoms with Crippen LogP contribution in [0.25, 0.3) is 12.2 Å². The number of hydrogen-bond donors (Lipinski definition) is 1. The first-order valence-corrected chi connectivity index (χ1v) is 3.88. The smallest absolute Gasteiger partial charge is 0.0456 e. The lowest BCUT2D eigenvalue weighted by molar-refractivity contribution is 1.36. The molecule has 1 heterocycles. The fraction of sp³-hybridized carbons (Fsp3) is 0.0909. The molecule has 0 spiro atoms. The van der Waals surface area contributed by atoms with E-state index in [1.807, 2.05) is 37.4 Å². The molecule has 12 heavy (non-hydrogen) atoms. The van der Waals surface area contributed by atoms with Crippen LogP contribution in [0.5, 0.6) is 0 Å². The Bertz CT molecular complexity index is 316. The molecule has 1 N–H and O–H groups in total. The Labute approximate surface area is 73.1 Å². The van der Waals surface area contributed by atoms with Crippen molar-refractivity contribution < 1.29 is 0 Å². The number of aromatic amines is 1. The highest BCUT2D eigenvalue weighted by Crippen LogP contribution is 2.12. The van der Waals surface area contributed by atoms with Gasteiger partial charge in [0.2, 0.25) is 0 Å². The Morgan fingerprint density at radius 1 is 1.50 bits per heavy atom. The first kappa shape index (κ1) is 8.60. The lowest BCUT2D eigenvalue weighted by Gasteiger charge is -1.93. The number of rotatable bonds is 3. The van der Waals surface area contributed by atoms with Gasteiger partial charge in [0, 0.05) is 11.9 Å². The number of aromatic nitrogens is 1. The SMILES string of the molecule is C=C/C(C)=C\c1[nH]ccc1C=C. The van der Waals surface area contributed by atoms with Gasteiger partial charge in [-0.1, -0.05) is 25.3 Å². The standard InChI is InChI=1S/C11H13N/c1-4-9(3)8-11-10(5-2)6-7-12-11/h4-8,12H,1-2H2,3H3/b9-8-. The zero-order valence-electron chi connectivity index (χ0n) is 7.30. The van der Waals surface area contributed by atoms with Gasteiger partial charge in [-0.15, -0.1) is 0 Å². The highest BCUT2D eigenvalue weighted by molar-refractivity contribution is 5.64. The van der Waals surface area contributed by atoms with Crippen LogP contribution in [0.4, 0.5) is 0 Å². The summed E-state index contributed by atoms with van der Waals surface area (Å²) in [5.74, 6) is 0. The average Bonchev–Trinajstić information content (AvgIpc) is 2.51. The van der Waals surface area contributed by atoms with Crippen LogP contribution in [0, 0.1) is 0 Å². The zero-order chi connectivity index (χ0) is 8.97. The molecule has 0 atom stereocenters. The molecule has 0 saturated carbocycles. The van der Waals surface area contributed by atoms with Crippen LogP contribution in [-0.4, -0.2) is 4.98 Å². The molecule has 1 nitrogen and oxygen atoms in total. The van der Waals surface area contributed by atoms with Crippen molar-refractivity contribution >= 4 is 12.2 Å². The van der Waals surface area contributed by atoms with Gasteiger partial charge >= 0.3 is 0 Å². The van der Waals surface area contributed by atoms with E-state index in [1.54, 1.807) is 0 Å². The summed E-state index contributed by atoms with van der Waals surface area (Å²) in [5.41, 5.74) is 3.35. The minimum atomic E-state index is 1.09. The van der Waals surface area contributed by atoms with Gasteiger partial charge in [-0.2, -0.15) is 0 Å². The van der Waals surface area contributed by atoms with E-state index in [0.717, 1.165) is 16.8 Å². The van der Waals surface area contributed by atoms with Gasteiger partial charge < -0.3 is 4.98 Å². The van der Waals surface area contributed by atoms with Crippen LogP contribution >= 0.6 is 0 Å². The van der Waals surface area contributed by atoms with Crippen molar-refractivity contribution in [1.29, 1.82) is 0 Å². The summed E-state index contributed by atoms with van der Waals surface area (Å²) in [4.78, 5) is 3.13. The lowest BCUT2D eigenvalue weighted by Crippen LogP contribution is -1.76. The maximum atomic E-state index is 3.72. The van der Waals surface area contributed by atoms with Crippen LogP contribution in [0.15, 0.2) is 37.1 Å². The largest absolute Gasteiger partial charge is 0.361 e. The topological polar surface area (TPSA) is 15.8 Å². The molecule has 1 aromatic rings. The second-order valence-corrected chi connectivity index (χ2v) is 2.64. The minimum absolute atomic E-state index is 1.09. The van der Waals surface area contributed by atoms with Crippen molar-refractivity contribution in [3.8, 4) is 0 Å². The Kier molecular flexibility index (Phi) is 2.70. The van der Waals surface area contributed by atoms with Gasteiger partial charge in [-0.05, 0) is 30.2 Å². The molecule has 0 saturated heterocycles. The first-order valence-electron chi connectivity index (χ1n) is 3.88. The molecule has 0 radical (unpaired) electrons. The van der Waals surface area contributed by atoms with Crippen LogP contribution in [-0.2, 0) is 0 Å². The fourth-order valence-corrected chi connectivity index (χ4v) is 0.984. The first-order chi connectivity index (χ1) is 5.77. The molecule has 0 amide bonds. The molecule has 0 aromatic carbocycles. The second kappa shape index (κ2) is 3.77. The van der Waals surface area contributed by atoms with Gasteiger partial charge in [-0.25, -0.2) is 0 Å². The molecule has 0 aliphatic carbocycles. The summed E-state index contributed by atoms with van der Waals surface area (Å²) < 4.78 is 0. The number of H-pyrrole nitrogens is 1. The highest BCUT2D eigenvalue weighted by Gasteiger charge is 1.95. The minimum Gasteiger partial charge on any atom is -0.361 e. The monoisotopic (exact) mass is 159 g/mol. The predicted molar refractivity (Wildman–Crippen MR) is 54.7 cm³/mol. The normalized spacial score (nSPS) is 11.2. The molecule has 1 aromatic heterocycles. The fourth-order valence-electron chi connectivity index (χ4n) is 0.984. The maximum absolute atomic E-state index is 3.72. The van der Waals surface area contributed by atoms with Crippen LogP contribution in [0.2, 0.25) is 0 Å². The van der Waals surface area contributed by atoms with E-state index in [4.69, 9.17) is 0 Å². The second-order valence-electron chi connectivity index (χ2n) is 2.64. The molecule has 0 aliphatic heterocycles. The summed E-state index contributed by atoms with van der Waals surface area (Å²) in [6, 6.07) is 2.00. The molecule has 62 valence electrons. The lowest BCUT2D eigenvalue weighted by atomic mass is 10.2. The molecule has 0 unspecified atom stereocenters. The van der Waals surface area contributed by atoms with Crippen molar-refractivity contribution in [1.82, 2.24) is 4.98 Å². The van der Waals surface area contributed by atoms with E-state index < -0.39 is 0 Å².